The molecule has 1 aromatic rings. The third-order valence-corrected chi connectivity index (χ3v) is 5.37. The fourth-order valence-electron chi connectivity index (χ4n) is 2.99. The fourth-order valence-corrected chi connectivity index (χ4v) is 3.78. The van der Waals surface area contributed by atoms with Gasteiger partial charge in [-0.05, 0) is 11.5 Å². The van der Waals surface area contributed by atoms with Gasteiger partial charge in [-0.15, -0.1) is 0 Å². The summed E-state index contributed by atoms with van der Waals surface area (Å²) in [6, 6.07) is 9.30. The number of nitrogens with zero attached hydrogens (tertiary/aromatic N) is 1. The lowest BCUT2D eigenvalue weighted by Gasteiger charge is -2.33. The van der Waals surface area contributed by atoms with E-state index in [4.69, 9.17) is 9.47 Å². The van der Waals surface area contributed by atoms with Crippen molar-refractivity contribution < 1.29 is 22.7 Å². The van der Waals surface area contributed by atoms with Gasteiger partial charge in [0.25, 0.3) is 0 Å². The van der Waals surface area contributed by atoms with E-state index >= 15 is 0 Å². The van der Waals surface area contributed by atoms with Crippen LogP contribution in [-0.2, 0) is 30.8 Å². The molecular formula is C19H30N2O5S. The number of carbonyl (C=O) groups is 1. The quantitative estimate of drug-likeness (QED) is 0.633. The van der Waals surface area contributed by atoms with E-state index in [1.807, 2.05) is 32.0 Å². The van der Waals surface area contributed by atoms with Crippen molar-refractivity contribution in [3.63, 3.8) is 0 Å². The molecule has 7 nitrogen and oxygen atoms in total. The largest absolute Gasteiger partial charge is 0.462 e. The molecule has 1 aliphatic heterocycles. The summed E-state index contributed by atoms with van der Waals surface area (Å²) >= 11 is 0. The maximum atomic E-state index is 12.4. The lowest BCUT2D eigenvalue weighted by molar-refractivity contribution is -0.154. The Balaban J connectivity index is 1.87. The van der Waals surface area contributed by atoms with Gasteiger partial charge < -0.3 is 9.47 Å². The average Bonchev–Trinajstić information content (AvgIpc) is 2.64. The smallest absolute Gasteiger partial charge is 0.324 e. The number of sulfonamides is 1. The molecule has 3 atom stereocenters. The Kier molecular flexibility index (Phi) is 8.22. The summed E-state index contributed by atoms with van der Waals surface area (Å²) in [7, 11) is -3.50. The average molecular weight is 399 g/mol. The van der Waals surface area contributed by atoms with Crippen molar-refractivity contribution in [3.05, 3.63) is 35.9 Å². The summed E-state index contributed by atoms with van der Waals surface area (Å²) in [5, 5.41) is 0. The molecule has 1 heterocycles. The Bertz CT molecular complexity index is 695. The molecule has 27 heavy (non-hydrogen) atoms. The standard InChI is InChI=1S/C19H30N2O5S/c1-4-15(2)18(20-27(3,23)24)19(22)26-14-17-13-21(10-11-25-17)12-16-8-6-5-7-9-16/h5-9,15,17-18,20H,4,10-14H2,1-3H3. The molecular weight excluding hydrogens is 368 g/mol. The Labute approximate surface area is 162 Å². The molecule has 0 radical (unpaired) electrons. The zero-order chi connectivity index (χ0) is 19.9. The van der Waals surface area contributed by atoms with Gasteiger partial charge in [0.05, 0.1) is 12.9 Å². The van der Waals surface area contributed by atoms with E-state index in [0.29, 0.717) is 19.6 Å². The van der Waals surface area contributed by atoms with E-state index < -0.39 is 22.0 Å². The third kappa shape index (κ3) is 7.57. The van der Waals surface area contributed by atoms with Crippen LogP contribution in [0.3, 0.4) is 0 Å². The summed E-state index contributed by atoms with van der Waals surface area (Å²) in [5.41, 5.74) is 1.23. The summed E-state index contributed by atoms with van der Waals surface area (Å²) in [5.74, 6) is -0.715. The van der Waals surface area contributed by atoms with Crippen LogP contribution in [-0.4, -0.2) is 64.0 Å². The van der Waals surface area contributed by atoms with Crippen molar-refractivity contribution in [2.45, 2.75) is 39.0 Å². The van der Waals surface area contributed by atoms with Gasteiger partial charge in [0.1, 0.15) is 18.8 Å². The molecule has 0 aromatic heterocycles. The van der Waals surface area contributed by atoms with Gasteiger partial charge in [-0.1, -0.05) is 50.6 Å². The molecule has 8 heteroatoms. The molecule has 2 rings (SSSR count). The molecule has 1 saturated heterocycles. The Morgan fingerprint density at radius 1 is 1.37 bits per heavy atom. The summed E-state index contributed by atoms with van der Waals surface area (Å²) in [6.45, 7) is 6.72. The Morgan fingerprint density at radius 3 is 2.70 bits per heavy atom. The zero-order valence-corrected chi connectivity index (χ0v) is 17.1. The first-order chi connectivity index (χ1) is 12.8. The van der Waals surface area contributed by atoms with E-state index in [-0.39, 0.29) is 18.6 Å². The number of ether oxygens (including phenoxy) is 2. The van der Waals surface area contributed by atoms with Gasteiger partial charge >= 0.3 is 5.97 Å². The molecule has 3 unspecified atom stereocenters. The predicted octanol–water partition coefficient (Wildman–Crippen LogP) is 1.39. The number of rotatable bonds is 9. The number of hydrogen-bond donors (Lipinski definition) is 1. The van der Waals surface area contributed by atoms with Crippen LogP contribution in [0.5, 0.6) is 0 Å². The van der Waals surface area contributed by atoms with Gasteiger partial charge in [0.2, 0.25) is 10.0 Å². The minimum Gasteiger partial charge on any atom is -0.462 e. The summed E-state index contributed by atoms with van der Waals surface area (Å²) < 4.78 is 36.6. The molecule has 1 fully saturated rings. The molecule has 152 valence electrons. The number of benzene rings is 1. The van der Waals surface area contributed by atoms with Crippen LogP contribution in [0.1, 0.15) is 25.8 Å². The third-order valence-electron chi connectivity index (χ3n) is 4.69. The van der Waals surface area contributed by atoms with Crippen molar-refractivity contribution in [1.29, 1.82) is 0 Å². The number of nitrogens with one attached hydrogen (secondary N) is 1. The molecule has 0 aliphatic carbocycles. The molecule has 0 spiro atoms. The predicted molar refractivity (Wildman–Crippen MR) is 104 cm³/mol. The monoisotopic (exact) mass is 398 g/mol. The highest BCUT2D eigenvalue weighted by Crippen LogP contribution is 2.13. The van der Waals surface area contributed by atoms with Crippen LogP contribution >= 0.6 is 0 Å². The maximum absolute atomic E-state index is 12.4. The number of carbonyl (C=O) groups excluding carboxylic acids is 1. The molecule has 0 amide bonds. The van der Waals surface area contributed by atoms with Crippen LogP contribution in [0.2, 0.25) is 0 Å². The molecule has 1 aliphatic rings. The highest BCUT2D eigenvalue weighted by Gasteiger charge is 2.30. The van der Waals surface area contributed by atoms with Gasteiger partial charge in [-0.2, -0.15) is 0 Å². The van der Waals surface area contributed by atoms with Crippen molar-refractivity contribution in [3.8, 4) is 0 Å². The van der Waals surface area contributed by atoms with Gasteiger partial charge in [-0.3, -0.25) is 9.69 Å². The van der Waals surface area contributed by atoms with E-state index in [1.165, 1.54) is 5.56 Å². The van der Waals surface area contributed by atoms with Crippen molar-refractivity contribution >= 4 is 16.0 Å². The fraction of sp³-hybridized carbons (Fsp3) is 0.632. The first-order valence-corrected chi connectivity index (χ1v) is 11.2. The molecule has 0 saturated carbocycles. The topological polar surface area (TPSA) is 84.9 Å². The second kappa shape index (κ2) is 10.2. The minimum atomic E-state index is -3.50. The first kappa shape index (κ1) is 21.8. The number of morpholine rings is 1. The Hall–Kier alpha value is -1.48. The second-order valence-electron chi connectivity index (χ2n) is 7.10. The molecule has 1 N–H and O–H groups in total. The zero-order valence-electron chi connectivity index (χ0n) is 16.3. The normalized spacial score (nSPS) is 20.8. The summed E-state index contributed by atoms with van der Waals surface area (Å²) in [4.78, 5) is 14.7. The van der Waals surface area contributed by atoms with Crippen LogP contribution in [0.25, 0.3) is 0 Å². The second-order valence-corrected chi connectivity index (χ2v) is 8.88. The number of esters is 1. The molecule has 1 aromatic carbocycles. The van der Waals surface area contributed by atoms with Gasteiger partial charge in [-0.25, -0.2) is 13.1 Å². The van der Waals surface area contributed by atoms with Crippen LogP contribution in [0, 0.1) is 5.92 Å². The van der Waals surface area contributed by atoms with Gasteiger partial charge in [0.15, 0.2) is 0 Å². The minimum absolute atomic E-state index is 0.114. The van der Waals surface area contributed by atoms with Crippen LogP contribution in [0.15, 0.2) is 30.3 Å². The van der Waals surface area contributed by atoms with Crippen LogP contribution < -0.4 is 4.72 Å². The molecule has 0 bridgehead atoms. The summed E-state index contributed by atoms with van der Waals surface area (Å²) in [6.07, 6.45) is 1.48. The van der Waals surface area contributed by atoms with Crippen LogP contribution in [0.4, 0.5) is 0 Å². The van der Waals surface area contributed by atoms with E-state index in [9.17, 15) is 13.2 Å². The van der Waals surface area contributed by atoms with E-state index in [2.05, 4.69) is 21.8 Å². The van der Waals surface area contributed by atoms with Crippen molar-refractivity contribution in [2.75, 3.05) is 32.6 Å². The van der Waals surface area contributed by atoms with Crippen molar-refractivity contribution in [2.24, 2.45) is 5.92 Å². The first-order valence-electron chi connectivity index (χ1n) is 9.30. The number of hydrogen-bond acceptors (Lipinski definition) is 6. The highest BCUT2D eigenvalue weighted by atomic mass is 32.2. The van der Waals surface area contributed by atoms with E-state index in [0.717, 1.165) is 19.3 Å². The Morgan fingerprint density at radius 2 is 2.07 bits per heavy atom. The maximum Gasteiger partial charge on any atom is 0.324 e. The lowest BCUT2D eigenvalue weighted by Crippen LogP contribution is -2.48. The van der Waals surface area contributed by atoms with Gasteiger partial charge in [0, 0.05) is 19.6 Å². The SMILES string of the molecule is CCC(C)C(NS(C)(=O)=O)C(=O)OCC1CN(Cc2ccccc2)CCO1. The lowest BCUT2D eigenvalue weighted by atomic mass is 10.0. The van der Waals surface area contributed by atoms with Crippen molar-refractivity contribution in [1.82, 2.24) is 9.62 Å². The highest BCUT2D eigenvalue weighted by molar-refractivity contribution is 7.88. The van der Waals surface area contributed by atoms with E-state index in [1.54, 1.807) is 0 Å².